The lowest BCUT2D eigenvalue weighted by Gasteiger charge is -2.34. The van der Waals surface area contributed by atoms with Crippen molar-refractivity contribution in [3.8, 4) is 5.75 Å². The highest BCUT2D eigenvalue weighted by molar-refractivity contribution is 5.79. The van der Waals surface area contributed by atoms with Crippen molar-refractivity contribution in [2.75, 3.05) is 18.0 Å². The molecule has 2 aromatic carbocycles. The summed E-state index contributed by atoms with van der Waals surface area (Å²) in [6.07, 6.45) is -5.87. The van der Waals surface area contributed by atoms with Crippen LogP contribution in [0.4, 0.5) is 32.3 Å². The molecule has 2 atom stereocenters. The average Bonchev–Trinajstić information content (AvgIpc) is 3.00. The van der Waals surface area contributed by atoms with Crippen molar-refractivity contribution in [3.63, 3.8) is 0 Å². The molecular formula is C20H18F6N4O. The maximum Gasteiger partial charge on any atom is 0.573 e. The molecule has 4 rings (SSSR count). The van der Waals surface area contributed by atoms with Crippen LogP contribution in [0.15, 0.2) is 36.4 Å². The van der Waals surface area contributed by atoms with Crippen molar-refractivity contribution in [1.82, 2.24) is 9.55 Å². The van der Waals surface area contributed by atoms with E-state index in [0.717, 1.165) is 18.2 Å². The summed E-state index contributed by atoms with van der Waals surface area (Å²) in [6.45, 7) is 0.407. The van der Waals surface area contributed by atoms with Crippen LogP contribution < -0.4 is 15.4 Å². The van der Waals surface area contributed by atoms with Gasteiger partial charge in [0, 0.05) is 25.2 Å². The maximum atomic E-state index is 13.9. The molecule has 5 nitrogen and oxygen atoms in total. The number of piperidine rings is 1. The van der Waals surface area contributed by atoms with Crippen LogP contribution in [0.1, 0.15) is 12.0 Å². The van der Waals surface area contributed by atoms with Gasteiger partial charge in [-0.1, -0.05) is 12.1 Å². The van der Waals surface area contributed by atoms with Crippen molar-refractivity contribution >= 4 is 17.0 Å². The normalized spacial score (nSPS) is 19.8. The topological polar surface area (TPSA) is 56.3 Å². The van der Waals surface area contributed by atoms with Gasteiger partial charge in [-0.25, -0.2) is 18.2 Å². The molecule has 0 bridgehead atoms. The molecule has 0 amide bonds. The molecule has 2 N–H and O–H groups in total. The van der Waals surface area contributed by atoms with Gasteiger partial charge in [-0.15, -0.1) is 13.2 Å². The minimum atomic E-state index is -4.85. The minimum Gasteiger partial charge on any atom is -0.406 e. The Balaban J connectivity index is 1.75. The Labute approximate surface area is 173 Å². The van der Waals surface area contributed by atoms with Crippen LogP contribution in [0, 0.1) is 11.6 Å². The number of nitrogens with zero attached hydrogens (tertiary/aromatic N) is 3. The number of alkyl halides is 4. The van der Waals surface area contributed by atoms with Crippen LogP contribution in [0.3, 0.4) is 0 Å². The van der Waals surface area contributed by atoms with E-state index >= 15 is 0 Å². The van der Waals surface area contributed by atoms with E-state index in [-0.39, 0.29) is 37.1 Å². The van der Waals surface area contributed by atoms with Crippen LogP contribution in [-0.4, -0.2) is 41.2 Å². The Bertz CT molecular complexity index is 1100. The number of halogens is 6. The fraction of sp³-hybridized carbons (Fsp3) is 0.350. The molecule has 0 spiro atoms. The number of nitrogens with two attached hydrogens (primary N) is 1. The van der Waals surface area contributed by atoms with Gasteiger partial charge in [0.2, 0.25) is 5.95 Å². The van der Waals surface area contributed by atoms with Crippen LogP contribution in [0.25, 0.3) is 11.0 Å². The molecule has 0 saturated carbocycles. The number of hydrogen-bond donors (Lipinski definition) is 1. The number of rotatable bonds is 4. The van der Waals surface area contributed by atoms with Crippen molar-refractivity contribution in [2.24, 2.45) is 5.73 Å². The highest BCUT2D eigenvalue weighted by Crippen LogP contribution is 2.30. The van der Waals surface area contributed by atoms with E-state index in [1.165, 1.54) is 16.7 Å². The lowest BCUT2D eigenvalue weighted by molar-refractivity contribution is -0.274. The quantitative estimate of drug-likeness (QED) is 0.615. The zero-order chi connectivity index (χ0) is 22.3. The first kappa shape index (κ1) is 21.3. The number of benzene rings is 2. The van der Waals surface area contributed by atoms with E-state index in [1.807, 2.05) is 0 Å². The molecule has 1 aromatic heterocycles. The summed E-state index contributed by atoms with van der Waals surface area (Å²) in [5, 5.41) is 0. The highest BCUT2D eigenvalue weighted by Gasteiger charge is 2.32. The summed E-state index contributed by atoms with van der Waals surface area (Å²) in [5.41, 5.74) is 6.65. The van der Waals surface area contributed by atoms with Gasteiger partial charge in [0.25, 0.3) is 0 Å². The standard InChI is InChI=1S/C20H18F6N4O/c21-13-4-5-29(10-16(13)27)19-28-17-7-14(22)15(23)8-18(17)30(19)9-11-2-1-3-12(6-11)31-20(24,25)26/h1-3,6-8,13,16H,4-5,9-10,27H2/t13-,16-/m1/s1. The molecule has 2 heterocycles. The van der Waals surface area contributed by atoms with Crippen molar-refractivity contribution in [1.29, 1.82) is 0 Å². The Morgan fingerprint density at radius 2 is 1.87 bits per heavy atom. The first-order valence-electron chi connectivity index (χ1n) is 9.45. The van der Waals surface area contributed by atoms with Gasteiger partial charge in [0.15, 0.2) is 11.6 Å². The van der Waals surface area contributed by atoms with Gasteiger partial charge in [0.1, 0.15) is 11.9 Å². The molecule has 0 aliphatic carbocycles. The van der Waals surface area contributed by atoms with Crippen molar-refractivity contribution in [2.45, 2.75) is 31.5 Å². The number of fused-ring (bicyclic) bond motifs is 1. The summed E-state index contributed by atoms with van der Waals surface area (Å²) in [5.74, 6) is -2.28. The lowest BCUT2D eigenvalue weighted by Crippen LogP contribution is -2.50. The summed E-state index contributed by atoms with van der Waals surface area (Å²) in [7, 11) is 0. The number of ether oxygens (including phenoxy) is 1. The zero-order valence-corrected chi connectivity index (χ0v) is 16.0. The third-order valence-corrected chi connectivity index (χ3v) is 5.10. The molecular weight excluding hydrogens is 426 g/mol. The van der Waals surface area contributed by atoms with Gasteiger partial charge in [0.05, 0.1) is 23.6 Å². The maximum absolute atomic E-state index is 13.9. The largest absolute Gasteiger partial charge is 0.573 e. The Kier molecular flexibility index (Phi) is 5.46. The lowest BCUT2D eigenvalue weighted by atomic mass is 10.1. The summed E-state index contributed by atoms with van der Waals surface area (Å²) >= 11 is 0. The van der Waals surface area contributed by atoms with Gasteiger partial charge >= 0.3 is 6.36 Å². The van der Waals surface area contributed by atoms with E-state index < -0.39 is 36.0 Å². The van der Waals surface area contributed by atoms with E-state index in [2.05, 4.69) is 9.72 Å². The molecule has 1 saturated heterocycles. The third kappa shape index (κ3) is 4.55. The molecule has 11 heteroatoms. The second-order valence-corrected chi connectivity index (χ2v) is 7.36. The van der Waals surface area contributed by atoms with Gasteiger partial charge < -0.3 is 19.9 Å². The van der Waals surface area contributed by atoms with E-state index in [1.54, 1.807) is 11.0 Å². The van der Waals surface area contributed by atoms with E-state index in [4.69, 9.17) is 5.73 Å². The number of hydrogen-bond acceptors (Lipinski definition) is 4. The molecule has 0 unspecified atom stereocenters. The molecule has 0 radical (unpaired) electrons. The predicted octanol–water partition coefficient (Wildman–Crippen LogP) is 4.14. The zero-order valence-electron chi connectivity index (χ0n) is 16.0. The smallest absolute Gasteiger partial charge is 0.406 e. The van der Waals surface area contributed by atoms with Crippen molar-refractivity contribution in [3.05, 3.63) is 53.6 Å². The Morgan fingerprint density at radius 3 is 2.58 bits per heavy atom. The molecule has 3 aromatic rings. The van der Waals surface area contributed by atoms with Crippen LogP contribution in [0.2, 0.25) is 0 Å². The SMILES string of the molecule is N[C@@H]1CN(c2nc3cc(F)c(F)cc3n2Cc2cccc(OC(F)(F)F)c2)CC[C@H]1F. The van der Waals surface area contributed by atoms with Crippen LogP contribution in [0.5, 0.6) is 5.75 Å². The third-order valence-electron chi connectivity index (χ3n) is 5.10. The summed E-state index contributed by atoms with van der Waals surface area (Å²) in [6, 6.07) is 6.46. The molecule has 31 heavy (non-hydrogen) atoms. The number of imidazole rings is 1. The molecule has 1 aliphatic rings. The monoisotopic (exact) mass is 444 g/mol. The Morgan fingerprint density at radius 1 is 1.13 bits per heavy atom. The van der Waals surface area contributed by atoms with E-state index in [0.29, 0.717) is 11.5 Å². The van der Waals surface area contributed by atoms with Gasteiger partial charge in [-0.3, -0.25) is 0 Å². The van der Waals surface area contributed by atoms with Crippen LogP contribution >= 0.6 is 0 Å². The fourth-order valence-corrected chi connectivity index (χ4v) is 3.66. The molecule has 1 aliphatic heterocycles. The van der Waals surface area contributed by atoms with Crippen LogP contribution in [-0.2, 0) is 6.54 Å². The predicted molar refractivity (Wildman–Crippen MR) is 102 cm³/mol. The fourth-order valence-electron chi connectivity index (χ4n) is 3.66. The average molecular weight is 444 g/mol. The summed E-state index contributed by atoms with van der Waals surface area (Å²) < 4.78 is 84.7. The molecule has 166 valence electrons. The Hall–Kier alpha value is -2.95. The first-order chi connectivity index (χ1) is 14.6. The van der Waals surface area contributed by atoms with Gasteiger partial charge in [-0.05, 0) is 24.1 Å². The van der Waals surface area contributed by atoms with E-state index in [9.17, 15) is 26.3 Å². The summed E-state index contributed by atoms with van der Waals surface area (Å²) in [4.78, 5) is 6.07. The number of aromatic nitrogens is 2. The second kappa shape index (κ2) is 7.95. The highest BCUT2D eigenvalue weighted by atomic mass is 19.4. The number of anilines is 1. The van der Waals surface area contributed by atoms with Gasteiger partial charge in [-0.2, -0.15) is 0 Å². The second-order valence-electron chi connectivity index (χ2n) is 7.36. The van der Waals surface area contributed by atoms with Crippen molar-refractivity contribution < 1.29 is 31.1 Å². The first-order valence-corrected chi connectivity index (χ1v) is 9.45. The molecule has 1 fully saturated rings. The minimum absolute atomic E-state index is 0.00322.